The smallest absolute Gasteiger partial charge is 0.356 e. The molecule has 0 radical (unpaired) electrons. The molecule has 0 amide bonds. The molecular weight excluding hydrogens is 1010 g/mol. The molecule has 2 aliphatic rings. The number of halogens is 2. The van der Waals surface area contributed by atoms with E-state index in [-0.39, 0.29) is 29.8 Å². The molecule has 1 saturated heterocycles. The van der Waals surface area contributed by atoms with E-state index in [1.165, 1.54) is 43.2 Å². The van der Waals surface area contributed by atoms with Crippen LogP contribution in [0.4, 0.5) is 0 Å². The van der Waals surface area contributed by atoms with Crippen LogP contribution in [0.5, 0.6) is 5.75 Å². The minimum atomic E-state index is -1.20. The number of hydrogen-bond acceptors (Lipinski definition) is 11. The fourth-order valence-corrected chi connectivity index (χ4v) is 8.80. The van der Waals surface area contributed by atoms with Crippen molar-refractivity contribution < 1.29 is 43.6 Å². The molecule has 2 N–H and O–H groups in total. The van der Waals surface area contributed by atoms with Gasteiger partial charge < -0.3 is 43.7 Å². The molecule has 8 rings (SSSR count). The third kappa shape index (κ3) is 15.6. The van der Waals surface area contributed by atoms with Crippen molar-refractivity contribution in [3.05, 3.63) is 129 Å². The van der Waals surface area contributed by atoms with E-state index < -0.39 is 20.0 Å². The summed E-state index contributed by atoms with van der Waals surface area (Å²) in [7, 11) is 0.152. The van der Waals surface area contributed by atoms with E-state index in [1.54, 1.807) is 19.5 Å². The third-order valence-electron chi connectivity index (χ3n) is 11.5. The first-order valence-electron chi connectivity index (χ1n) is 23.2. The minimum absolute atomic E-state index is 0. The number of methoxy groups -OCH3 is 1. The summed E-state index contributed by atoms with van der Waals surface area (Å²) in [4.78, 5) is 55.6. The highest BCUT2D eigenvalue weighted by Crippen LogP contribution is 2.34. The van der Waals surface area contributed by atoms with Gasteiger partial charge in [-0.2, -0.15) is 4.79 Å². The monoisotopic (exact) mass is 1070 g/mol. The van der Waals surface area contributed by atoms with Gasteiger partial charge in [-0.15, -0.1) is 12.4 Å². The molecule has 6 aromatic rings. The van der Waals surface area contributed by atoms with Gasteiger partial charge in [0.05, 0.1) is 37.7 Å². The Kier molecular flexibility index (Phi) is 22.1. The van der Waals surface area contributed by atoms with E-state index in [0.29, 0.717) is 54.2 Å². The van der Waals surface area contributed by atoms with Crippen molar-refractivity contribution in [1.82, 2.24) is 38.5 Å². The fourth-order valence-electron chi connectivity index (χ4n) is 7.91. The van der Waals surface area contributed by atoms with Gasteiger partial charge in [0.1, 0.15) is 35.1 Å². The number of rotatable bonds is 13. The number of carboxylic acids is 2. The number of nitrogens with zero attached hydrogens (tertiary/aromatic N) is 10. The zero-order valence-corrected chi connectivity index (χ0v) is 44.9. The summed E-state index contributed by atoms with van der Waals surface area (Å²) < 4.78 is 22.2. The van der Waals surface area contributed by atoms with Gasteiger partial charge >= 0.3 is 17.9 Å². The maximum absolute atomic E-state index is 11.6. The van der Waals surface area contributed by atoms with Crippen molar-refractivity contribution in [2.45, 2.75) is 105 Å². The van der Waals surface area contributed by atoms with Crippen LogP contribution in [0.15, 0.2) is 84.2 Å². The van der Waals surface area contributed by atoms with Gasteiger partial charge in [0.15, 0.2) is 18.6 Å². The number of aromatic nitrogens is 7. The van der Waals surface area contributed by atoms with Crippen LogP contribution in [0, 0.1) is 6.92 Å². The lowest BCUT2D eigenvalue weighted by atomic mass is 9.95. The summed E-state index contributed by atoms with van der Waals surface area (Å²) in [6.45, 7) is 20.2. The van der Waals surface area contributed by atoms with Gasteiger partial charge in [0.2, 0.25) is 5.84 Å². The Hall–Kier alpha value is -6.28. The molecule has 6 heterocycles. The van der Waals surface area contributed by atoms with E-state index in [9.17, 15) is 19.5 Å². The van der Waals surface area contributed by atoms with Gasteiger partial charge in [0.25, 0.3) is 0 Å². The second-order valence-electron chi connectivity index (χ2n) is 17.5. The summed E-state index contributed by atoms with van der Waals surface area (Å²) >= 11 is 3.22. The number of pyridine rings is 1. The molecular formula is C50H64BrClN10O8Si. The van der Waals surface area contributed by atoms with Crippen molar-refractivity contribution in [1.29, 1.82) is 0 Å². The van der Waals surface area contributed by atoms with E-state index in [0.717, 1.165) is 73.7 Å². The van der Waals surface area contributed by atoms with Crippen molar-refractivity contribution in [2.75, 3.05) is 26.9 Å². The van der Waals surface area contributed by atoms with Crippen LogP contribution in [-0.2, 0) is 48.7 Å². The fraction of sp³-hybridized carbons (Fsp3) is 0.400. The van der Waals surface area contributed by atoms with E-state index >= 15 is 0 Å². The Morgan fingerprint density at radius 3 is 2.17 bits per heavy atom. The highest BCUT2D eigenvalue weighted by atomic mass is 79.9. The van der Waals surface area contributed by atoms with Crippen LogP contribution < -0.4 is 4.74 Å². The first-order chi connectivity index (χ1) is 33.5. The van der Waals surface area contributed by atoms with Gasteiger partial charge in [-0.1, -0.05) is 56.0 Å². The third-order valence-corrected chi connectivity index (χ3v) is 13.0. The number of carbonyl (C=O) groups excluding carboxylic acids is 1. The van der Waals surface area contributed by atoms with Crippen LogP contribution >= 0.6 is 28.3 Å². The number of fused-ring (bicyclic) bond motifs is 1. The topological polar surface area (TPSA) is 225 Å². The van der Waals surface area contributed by atoms with Gasteiger partial charge in [-0.25, -0.2) is 34.3 Å². The van der Waals surface area contributed by atoms with Gasteiger partial charge in [-0.05, 0) is 103 Å². The van der Waals surface area contributed by atoms with Crippen LogP contribution in [0.1, 0.15) is 87.3 Å². The van der Waals surface area contributed by atoms with Gasteiger partial charge in [0, 0.05) is 57.5 Å². The molecule has 0 aliphatic carbocycles. The Balaban J connectivity index is 0.000000295. The Morgan fingerprint density at radius 2 is 1.56 bits per heavy atom. The number of hydrogen-bond donors (Lipinski definition) is 2. The zero-order valence-electron chi connectivity index (χ0n) is 41.5. The molecule has 380 valence electrons. The van der Waals surface area contributed by atoms with Crippen molar-refractivity contribution in [3.8, 4) is 28.5 Å². The second kappa shape index (κ2) is 27.4. The number of esters is 1. The summed E-state index contributed by atoms with van der Waals surface area (Å²) in [6, 6.07) is 19.2. The standard InChI is InChI=1S/C33H36N4O4.C7H9BrN2O2.C6H8N2O2.C4H10N2Si.ClH/c1-3-37-30(33(38)39)19-34-32(37)29-9-5-8-28(35-29)27-7-4-6-22(2)31(27)41-21-23-10-11-25-20-36(15-12-24(25)18-23)26-13-16-40-17-14-26;1-3-10-5(6(11)12-2)4-9-7(10)8;1-2-8-4-7-3-5(8)6(9)10;1-7(2,3)4-6-5;/h4-11,18-19,26H,3,12-17,20-21H2,1-2H3,(H,38,39);4H,3H2,1-2H3;3-4H,2H2,1H3,(H,9,10);4H,1-3H3;1H. The maximum Gasteiger partial charge on any atom is 0.356 e. The van der Waals surface area contributed by atoms with Crippen LogP contribution in [0.2, 0.25) is 19.6 Å². The largest absolute Gasteiger partial charge is 0.488 e. The Labute approximate surface area is 430 Å². The predicted molar refractivity (Wildman–Crippen MR) is 279 cm³/mol. The molecule has 18 nitrogen and oxygen atoms in total. The SMILES string of the molecule is CCn1c(C(=O)O)cnc1-c1cccc(-c2cccc(C)c2OCc2ccc3c(c2)CCN(C2CCOCC2)C3)n1.CCn1c(C(=O)OC)cnc1Br.CCn1cncc1C(=O)O.C[Si](C)(C)C=[N+]=[N-].Cl. The lowest BCUT2D eigenvalue weighted by Crippen LogP contribution is -2.42. The van der Waals surface area contributed by atoms with Gasteiger partial charge in [-0.3, -0.25) is 4.90 Å². The second-order valence-corrected chi connectivity index (χ2v) is 23.2. The first kappa shape index (κ1) is 57.3. The Bertz CT molecular complexity index is 2780. The highest BCUT2D eigenvalue weighted by Gasteiger charge is 2.26. The van der Waals surface area contributed by atoms with E-state index in [2.05, 4.69) is 83.1 Å². The number of carboxylic acid groups (broad SMARTS) is 2. The molecule has 2 aliphatic heterocycles. The number of aromatic carboxylic acids is 2. The molecule has 0 spiro atoms. The predicted octanol–water partition coefficient (Wildman–Crippen LogP) is 9.39. The van der Waals surface area contributed by atoms with Crippen LogP contribution in [0.25, 0.3) is 28.3 Å². The first-order valence-corrected chi connectivity index (χ1v) is 27.5. The molecule has 1 fully saturated rings. The number of carbonyl (C=O) groups is 3. The Morgan fingerprint density at radius 1 is 0.887 bits per heavy atom. The number of para-hydroxylation sites is 1. The molecule has 21 heteroatoms. The molecule has 4 aromatic heterocycles. The summed E-state index contributed by atoms with van der Waals surface area (Å²) in [6.07, 6.45) is 9.03. The van der Waals surface area contributed by atoms with Crippen LogP contribution in [-0.4, -0.2) is 118 Å². The van der Waals surface area contributed by atoms with Crippen molar-refractivity contribution >= 4 is 60.2 Å². The summed E-state index contributed by atoms with van der Waals surface area (Å²) in [5.41, 5.74) is 16.1. The number of aryl methyl sites for hydroxylation is 2. The van der Waals surface area contributed by atoms with Crippen molar-refractivity contribution in [3.63, 3.8) is 0 Å². The summed E-state index contributed by atoms with van der Waals surface area (Å²) in [5.74, 6) is 0.661. The molecule has 71 heavy (non-hydrogen) atoms. The van der Waals surface area contributed by atoms with E-state index in [4.69, 9.17) is 25.1 Å². The normalized spacial score (nSPS) is 13.3. The molecule has 0 bridgehead atoms. The number of imidazole rings is 3. The van der Waals surface area contributed by atoms with E-state index in [1.807, 2.05) is 64.1 Å². The lowest BCUT2D eigenvalue weighted by Gasteiger charge is -2.37. The highest BCUT2D eigenvalue weighted by molar-refractivity contribution is 9.10. The molecule has 2 aromatic carbocycles. The zero-order chi connectivity index (χ0) is 51.0. The molecule has 0 unspecified atom stereocenters. The number of benzene rings is 2. The maximum atomic E-state index is 11.6. The van der Waals surface area contributed by atoms with Crippen molar-refractivity contribution in [2.24, 2.45) is 0 Å². The van der Waals surface area contributed by atoms with Crippen LogP contribution in [0.3, 0.4) is 0 Å². The average Bonchev–Trinajstić information content (AvgIpc) is 4.12. The minimum Gasteiger partial charge on any atom is -0.488 e. The number of ether oxygens (including phenoxy) is 3. The quantitative estimate of drug-likeness (QED) is 0.0362. The summed E-state index contributed by atoms with van der Waals surface area (Å²) in [5, 5.41) is 18.1. The molecule has 0 atom stereocenters. The lowest BCUT2D eigenvalue weighted by molar-refractivity contribution is 0.00678. The molecule has 0 saturated carbocycles. The average molecular weight is 1080 g/mol.